The van der Waals surface area contributed by atoms with Crippen LogP contribution in [0.1, 0.15) is 28.8 Å². The average molecular weight is 210 g/mol. The molecule has 0 heterocycles. The fourth-order valence-electron chi connectivity index (χ4n) is 1.37. The smallest absolute Gasteiger partial charge is 0.251 e. The molecule has 3 heteroatoms. The molecule has 1 saturated carbocycles. The molecule has 1 N–H and O–H groups in total. The van der Waals surface area contributed by atoms with Crippen molar-refractivity contribution in [2.75, 3.05) is 0 Å². The maximum Gasteiger partial charge on any atom is 0.251 e. The molecule has 1 fully saturated rings. The molecule has 0 aliphatic heterocycles. The SMILES string of the molecule is Cc1cc(Cl)ccc1C(=O)NC1CC1. The third kappa shape index (κ3) is 2.07. The first kappa shape index (κ1) is 9.53. The highest BCUT2D eigenvalue weighted by molar-refractivity contribution is 6.30. The van der Waals surface area contributed by atoms with Crippen LogP contribution in [0.15, 0.2) is 18.2 Å². The van der Waals surface area contributed by atoms with E-state index in [-0.39, 0.29) is 5.91 Å². The zero-order valence-electron chi connectivity index (χ0n) is 8.01. The lowest BCUT2D eigenvalue weighted by molar-refractivity contribution is 0.0950. The van der Waals surface area contributed by atoms with Gasteiger partial charge in [-0.2, -0.15) is 0 Å². The second-order valence-corrected chi connectivity index (χ2v) is 4.14. The molecule has 0 atom stereocenters. The Labute approximate surface area is 88.3 Å². The predicted molar refractivity (Wildman–Crippen MR) is 56.7 cm³/mol. The van der Waals surface area contributed by atoms with Crippen molar-refractivity contribution in [3.05, 3.63) is 34.3 Å². The number of carbonyl (C=O) groups excluding carboxylic acids is 1. The maximum atomic E-state index is 11.7. The Morgan fingerprint density at radius 1 is 1.50 bits per heavy atom. The van der Waals surface area contributed by atoms with Gasteiger partial charge in [0, 0.05) is 16.6 Å². The molecule has 0 saturated heterocycles. The van der Waals surface area contributed by atoms with E-state index in [1.54, 1.807) is 12.1 Å². The molecule has 0 unspecified atom stereocenters. The number of nitrogens with one attached hydrogen (secondary N) is 1. The van der Waals surface area contributed by atoms with Crippen LogP contribution in [0.3, 0.4) is 0 Å². The largest absolute Gasteiger partial charge is 0.349 e. The summed E-state index contributed by atoms with van der Waals surface area (Å²) in [7, 11) is 0. The molecule has 0 aromatic heterocycles. The van der Waals surface area contributed by atoms with E-state index in [4.69, 9.17) is 11.6 Å². The van der Waals surface area contributed by atoms with E-state index < -0.39 is 0 Å². The maximum absolute atomic E-state index is 11.7. The lowest BCUT2D eigenvalue weighted by Gasteiger charge is -2.06. The van der Waals surface area contributed by atoms with Crippen LogP contribution >= 0.6 is 11.6 Å². The van der Waals surface area contributed by atoms with E-state index in [2.05, 4.69) is 5.32 Å². The van der Waals surface area contributed by atoms with E-state index >= 15 is 0 Å². The van der Waals surface area contributed by atoms with Crippen LogP contribution in [0.4, 0.5) is 0 Å². The number of rotatable bonds is 2. The first-order valence-electron chi connectivity index (χ1n) is 4.74. The topological polar surface area (TPSA) is 29.1 Å². The van der Waals surface area contributed by atoms with Crippen molar-refractivity contribution in [1.29, 1.82) is 0 Å². The van der Waals surface area contributed by atoms with Gasteiger partial charge in [0.25, 0.3) is 5.91 Å². The van der Waals surface area contributed by atoms with Crippen LogP contribution in [0.5, 0.6) is 0 Å². The van der Waals surface area contributed by atoms with Gasteiger partial charge in [0.2, 0.25) is 0 Å². The van der Waals surface area contributed by atoms with Gasteiger partial charge in [-0.25, -0.2) is 0 Å². The quantitative estimate of drug-likeness (QED) is 0.797. The molecule has 74 valence electrons. The van der Waals surface area contributed by atoms with E-state index in [1.165, 1.54) is 0 Å². The number of halogens is 1. The van der Waals surface area contributed by atoms with Crippen LogP contribution in [0.25, 0.3) is 0 Å². The molecule has 0 spiro atoms. The third-order valence-electron chi connectivity index (χ3n) is 2.35. The summed E-state index contributed by atoms with van der Waals surface area (Å²) < 4.78 is 0. The number of benzene rings is 1. The Morgan fingerprint density at radius 3 is 2.79 bits per heavy atom. The monoisotopic (exact) mass is 209 g/mol. The fraction of sp³-hybridized carbons (Fsp3) is 0.364. The average Bonchev–Trinajstić information content (AvgIpc) is 2.87. The molecule has 0 bridgehead atoms. The summed E-state index contributed by atoms with van der Waals surface area (Å²) in [5, 5.41) is 3.62. The highest BCUT2D eigenvalue weighted by atomic mass is 35.5. The molecule has 1 aromatic carbocycles. The standard InChI is InChI=1S/C11H12ClNO/c1-7-6-8(12)2-5-10(7)11(14)13-9-3-4-9/h2,5-6,9H,3-4H2,1H3,(H,13,14). The van der Waals surface area contributed by atoms with Gasteiger partial charge >= 0.3 is 0 Å². The van der Waals surface area contributed by atoms with E-state index in [0.717, 1.165) is 24.0 Å². The van der Waals surface area contributed by atoms with Crippen LogP contribution in [0.2, 0.25) is 5.02 Å². The van der Waals surface area contributed by atoms with Gasteiger partial charge in [0.15, 0.2) is 0 Å². The minimum absolute atomic E-state index is 0.0154. The minimum Gasteiger partial charge on any atom is -0.349 e. The van der Waals surface area contributed by atoms with Crippen molar-refractivity contribution in [2.45, 2.75) is 25.8 Å². The van der Waals surface area contributed by atoms with Gasteiger partial charge in [-0.1, -0.05) is 11.6 Å². The van der Waals surface area contributed by atoms with Crippen LogP contribution in [0, 0.1) is 6.92 Å². The Bertz CT molecular complexity index is 372. The summed E-state index contributed by atoms with van der Waals surface area (Å²) in [4.78, 5) is 11.7. The van der Waals surface area contributed by atoms with Gasteiger partial charge in [0.1, 0.15) is 0 Å². The van der Waals surface area contributed by atoms with Gasteiger partial charge < -0.3 is 5.32 Å². The molecule has 1 aromatic rings. The van der Waals surface area contributed by atoms with Crippen LogP contribution in [-0.4, -0.2) is 11.9 Å². The highest BCUT2D eigenvalue weighted by Crippen LogP contribution is 2.21. The third-order valence-corrected chi connectivity index (χ3v) is 2.58. The van der Waals surface area contributed by atoms with Gasteiger partial charge in [0.05, 0.1) is 0 Å². The molecule has 1 aliphatic rings. The van der Waals surface area contributed by atoms with Gasteiger partial charge in [-0.05, 0) is 43.5 Å². The molecule has 2 rings (SSSR count). The summed E-state index contributed by atoms with van der Waals surface area (Å²) in [6.07, 6.45) is 2.22. The molecule has 2 nitrogen and oxygen atoms in total. The Hall–Kier alpha value is -1.02. The van der Waals surface area contributed by atoms with E-state index in [9.17, 15) is 4.79 Å². The summed E-state index contributed by atoms with van der Waals surface area (Å²) in [6.45, 7) is 1.90. The molecular formula is C11H12ClNO. The summed E-state index contributed by atoms with van der Waals surface area (Å²) in [5.74, 6) is 0.0154. The minimum atomic E-state index is 0.0154. The van der Waals surface area contributed by atoms with E-state index in [1.807, 2.05) is 13.0 Å². The van der Waals surface area contributed by atoms with Gasteiger partial charge in [-0.15, -0.1) is 0 Å². The highest BCUT2D eigenvalue weighted by Gasteiger charge is 2.24. The Balaban J connectivity index is 2.17. The van der Waals surface area contributed by atoms with Crippen molar-refractivity contribution in [1.82, 2.24) is 5.32 Å². The molecule has 1 aliphatic carbocycles. The van der Waals surface area contributed by atoms with Crippen LogP contribution < -0.4 is 5.32 Å². The normalized spacial score (nSPS) is 15.3. The van der Waals surface area contributed by atoms with Crippen molar-refractivity contribution < 1.29 is 4.79 Å². The van der Waals surface area contributed by atoms with Crippen molar-refractivity contribution >= 4 is 17.5 Å². The number of carbonyl (C=O) groups is 1. The molecule has 1 amide bonds. The first-order valence-corrected chi connectivity index (χ1v) is 5.11. The number of aryl methyl sites for hydroxylation is 1. The van der Waals surface area contributed by atoms with E-state index in [0.29, 0.717) is 11.1 Å². The fourth-order valence-corrected chi connectivity index (χ4v) is 1.60. The molecule has 0 radical (unpaired) electrons. The van der Waals surface area contributed by atoms with Crippen molar-refractivity contribution in [3.63, 3.8) is 0 Å². The summed E-state index contributed by atoms with van der Waals surface area (Å²) in [5.41, 5.74) is 1.65. The summed E-state index contributed by atoms with van der Waals surface area (Å²) >= 11 is 5.81. The second kappa shape index (κ2) is 3.62. The van der Waals surface area contributed by atoms with Crippen molar-refractivity contribution in [2.24, 2.45) is 0 Å². The second-order valence-electron chi connectivity index (χ2n) is 3.71. The lowest BCUT2D eigenvalue weighted by Crippen LogP contribution is -2.25. The Morgan fingerprint density at radius 2 is 2.21 bits per heavy atom. The zero-order chi connectivity index (χ0) is 10.1. The number of hydrogen-bond donors (Lipinski definition) is 1. The van der Waals surface area contributed by atoms with Crippen LogP contribution in [-0.2, 0) is 0 Å². The lowest BCUT2D eigenvalue weighted by atomic mass is 10.1. The summed E-state index contributed by atoms with van der Waals surface area (Å²) in [6, 6.07) is 5.73. The molecule has 14 heavy (non-hydrogen) atoms. The van der Waals surface area contributed by atoms with Crippen molar-refractivity contribution in [3.8, 4) is 0 Å². The van der Waals surface area contributed by atoms with Gasteiger partial charge in [-0.3, -0.25) is 4.79 Å². The first-order chi connectivity index (χ1) is 6.66. The number of hydrogen-bond acceptors (Lipinski definition) is 1. The Kier molecular flexibility index (Phi) is 2.46. The molecular weight excluding hydrogens is 198 g/mol. The number of amides is 1. The zero-order valence-corrected chi connectivity index (χ0v) is 8.77. The predicted octanol–water partition coefficient (Wildman–Crippen LogP) is 2.54.